The zero-order valence-corrected chi connectivity index (χ0v) is 14.0. The van der Waals surface area contributed by atoms with Crippen LogP contribution in [0.5, 0.6) is 11.6 Å². The van der Waals surface area contributed by atoms with Crippen LogP contribution in [0.15, 0.2) is 33.3 Å². The summed E-state index contributed by atoms with van der Waals surface area (Å²) in [7, 11) is 0. The van der Waals surface area contributed by atoms with Crippen LogP contribution in [0, 0.1) is 10.1 Å². The van der Waals surface area contributed by atoms with Gasteiger partial charge in [0.05, 0.1) is 21.7 Å². The maximum absolute atomic E-state index is 10.8. The molecule has 0 unspecified atom stereocenters. The van der Waals surface area contributed by atoms with E-state index in [4.69, 9.17) is 4.74 Å². The molecule has 1 aromatic carbocycles. The smallest absolute Gasteiger partial charge is 0.274 e. The summed E-state index contributed by atoms with van der Waals surface area (Å²) >= 11 is 6.49. The number of halogens is 2. The largest absolute Gasteiger partial charge is 0.437 e. The van der Waals surface area contributed by atoms with Gasteiger partial charge in [-0.1, -0.05) is 15.9 Å². The van der Waals surface area contributed by atoms with Crippen molar-refractivity contribution < 1.29 is 9.66 Å². The van der Waals surface area contributed by atoms with Crippen LogP contribution in [-0.4, -0.2) is 21.4 Å². The molecule has 0 spiro atoms. The van der Waals surface area contributed by atoms with E-state index in [-0.39, 0.29) is 11.6 Å². The third-order valence-electron chi connectivity index (χ3n) is 2.33. The summed E-state index contributed by atoms with van der Waals surface area (Å²) in [6.45, 7) is 2.59. The normalized spacial score (nSPS) is 10.2. The van der Waals surface area contributed by atoms with Gasteiger partial charge in [0.2, 0.25) is 11.8 Å². The number of rotatable bonds is 5. The van der Waals surface area contributed by atoms with Crippen molar-refractivity contribution in [3.05, 3.63) is 43.5 Å². The Morgan fingerprint density at radius 2 is 2.14 bits per heavy atom. The van der Waals surface area contributed by atoms with E-state index in [1.54, 1.807) is 12.3 Å². The standard InChI is InChI=1S/C12H10Br2N4O3/c1-2-15-12-16-6-10(14)11(17-12)21-9-4-7(13)3-8(5-9)18(19)20/h3-6H,2H2,1H3,(H,15,16,17). The first-order valence-electron chi connectivity index (χ1n) is 5.89. The van der Waals surface area contributed by atoms with Crippen molar-refractivity contribution in [1.82, 2.24) is 9.97 Å². The van der Waals surface area contributed by atoms with Gasteiger partial charge in [0.1, 0.15) is 5.75 Å². The van der Waals surface area contributed by atoms with Crippen molar-refractivity contribution in [2.45, 2.75) is 6.92 Å². The van der Waals surface area contributed by atoms with E-state index >= 15 is 0 Å². The molecule has 0 aliphatic carbocycles. The Balaban J connectivity index is 2.33. The van der Waals surface area contributed by atoms with Crippen molar-refractivity contribution >= 4 is 43.5 Å². The van der Waals surface area contributed by atoms with E-state index in [0.29, 0.717) is 27.2 Å². The van der Waals surface area contributed by atoms with Gasteiger partial charge in [-0.25, -0.2) is 4.98 Å². The quantitative estimate of drug-likeness (QED) is 0.580. The van der Waals surface area contributed by atoms with Gasteiger partial charge in [0.15, 0.2) is 0 Å². The number of anilines is 1. The van der Waals surface area contributed by atoms with Crippen molar-refractivity contribution in [2.75, 3.05) is 11.9 Å². The number of nitrogens with one attached hydrogen (secondary N) is 1. The molecule has 7 nitrogen and oxygen atoms in total. The average molecular weight is 418 g/mol. The summed E-state index contributed by atoms with van der Waals surface area (Å²) in [4.78, 5) is 18.6. The molecule has 1 heterocycles. The monoisotopic (exact) mass is 416 g/mol. The van der Waals surface area contributed by atoms with Gasteiger partial charge in [-0.15, -0.1) is 0 Å². The molecule has 0 aliphatic heterocycles. The molecular weight excluding hydrogens is 408 g/mol. The molecule has 0 atom stereocenters. The zero-order chi connectivity index (χ0) is 15.4. The van der Waals surface area contributed by atoms with Gasteiger partial charge in [0, 0.05) is 17.1 Å². The van der Waals surface area contributed by atoms with Crippen LogP contribution in [0.1, 0.15) is 6.92 Å². The van der Waals surface area contributed by atoms with Crippen LogP contribution in [0.4, 0.5) is 11.6 Å². The minimum atomic E-state index is -0.489. The number of nitrogens with zero attached hydrogens (tertiary/aromatic N) is 3. The minimum absolute atomic E-state index is 0.0727. The Morgan fingerprint density at radius 3 is 2.81 bits per heavy atom. The fraction of sp³-hybridized carbons (Fsp3) is 0.167. The SMILES string of the molecule is CCNc1ncc(Br)c(Oc2cc(Br)cc([N+](=O)[O-])c2)n1. The van der Waals surface area contributed by atoms with E-state index in [1.807, 2.05) is 6.92 Å². The lowest BCUT2D eigenvalue weighted by molar-refractivity contribution is -0.385. The highest BCUT2D eigenvalue weighted by Crippen LogP contribution is 2.32. The minimum Gasteiger partial charge on any atom is -0.437 e. The van der Waals surface area contributed by atoms with Gasteiger partial charge < -0.3 is 10.1 Å². The highest BCUT2D eigenvalue weighted by molar-refractivity contribution is 9.10. The molecule has 9 heteroatoms. The predicted octanol–water partition coefficient (Wildman–Crippen LogP) is 4.13. The van der Waals surface area contributed by atoms with Crippen LogP contribution in [0.3, 0.4) is 0 Å². The number of aromatic nitrogens is 2. The fourth-order valence-electron chi connectivity index (χ4n) is 1.49. The van der Waals surface area contributed by atoms with Crippen molar-refractivity contribution in [3.63, 3.8) is 0 Å². The average Bonchev–Trinajstić information content (AvgIpc) is 2.42. The Labute approximate surface area is 137 Å². The number of benzene rings is 1. The van der Waals surface area contributed by atoms with Crippen molar-refractivity contribution in [3.8, 4) is 11.6 Å². The van der Waals surface area contributed by atoms with Gasteiger partial charge >= 0.3 is 0 Å². The van der Waals surface area contributed by atoms with Crippen LogP contribution in [0.25, 0.3) is 0 Å². The van der Waals surface area contributed by atoms with E-state index in [2.05, 4.69) is 47.1 Å². The van der Waals surface area contributed by atoms with Crippen LogP contribution >= 0.6 is 31.9 Å². The van der Waals surface area contributed by atoms with Crippen molar-refractivity contribution in [1.29, 1.82) is 0 Å². The Bertz CT molecular complexity index is 682. The van der Waals surface area contributed by atoms with E-state index < -0.39 is 4.92 Å². The van der Waals surface area contributed by atoms with E-state index in [9.17, 15) is 10.1 Å². The fourth-order valence-corrected chi connectivity index (χ4v) is 2.22. The van der Waals surface area contributed by atoms with Gasteiger partial charge in [-0.3, -0.25) is 10.1 Å². The molecule has 0 fully saturated rings. The molecule has 0 saturated carbocycles. The molecule has 110 valence electrons. The molecule has 0 saturated heterocycles. The van der Waals surface area contributed by atoms with Crippen LogP contribution < -0.4 is 10.1 Å². The summed E-state index contributed by atoms with van der Waals surface area (Å²) < 4.78 is 6.69. The molecular formula is C12H10Br2N4O3. The summed E-state index contributed by atoms with van der Waals surface area (Å²) in [5.41, 5.74) is -0.0727. The molecule has 0 aliphatic rings. The third kappa shape index (κ3) is 4.11. The summed E-state index contributed by atoms with van der Waals surface area (Å²) in [6.07, 6.45) is 1.55. The number of hydrogen-bond acceptors (Lipinski definition) is 6. The zero-order valence-electron chi connectivity index (χ0n) is 10.8. The molecule has 0 bridgehead atoms. The first kappa shape index (κ1) is 15.6. The molecule has 21 heavy (non-hydrogen) atoms. The number of nitro groups is 1. The van der Waals surface area contributed by atoms with E-state index in [0.717, 1.165) is 0 Å². The van der Waals surface area contributed by atoms with Gasteiger partial charge in [0.25, 0.3) is 5.69 Å². The Morgan fingerprint density at radius 1 is 1.38 bits per heavy atom. The highest BCUT2D eigenvalue weighted by Gasteiger charge is 2.13. The second-order valence-electron chi connectivity index (χ2n) is 3.88. The third-order valence-corrected chi connectivity index (χ3v) is 3.33. The lowest BCUT2D eigenvalue weighted by Gasteiger charge is -2.09. The Hall–Kier alpha value is -1.74. The highest BCUT2D eigenvalue weighted by atomic mass is 79.9. The second-order valence-corrected chi connectivity index (χ2v) is 5.65. The van der Waals surface area contributed by atoms with Crippen LogP contribution in [-0.2, 0) is 0 Å². The number of nitro benzene ring substituents is 1. The summed E-state index contributed by atoms with van der Waals surface area (Å²) in [5, 5.41) is 13.8. The van der Waals surface area contributed by atoms with Gasteiger partial charge in [-0.2, -0.15) is 4.98 Å². The molecule has 1 aromatic heterocycles. The van der Waals surface area contributed by atoms with E-state index in [1.165, 1.54) is 12.1 Å². The number of non-ortho nitro benzene ring substituents is 1. The van der Waals surface area contributed by atoms with Gasteiger partial charge in [-0.05, 0) is 28.9 Å². The molecule has 1 N–H and O–H groups in total. The predicted molar refractivity (Wildman–Crippen MR) is 84.8 cm³/mol. The Kier molecular flexibility index (Phi) is 5.07. The molecule has 2 rings (SSSR count). The molecule has 2 aromatic rings. The summed E-state index contributed by atoms with van der Waals surface area (Å²) in [5.74, 6) is 0.992. The topological polar surface area (TPSA) is 90.2 Å². The molecule has 0 amide bonds. The lowest BCUT2D eigenvalue weighted by Crippen LogP contribution is -2.03. The first-order chi connectivity index (χ1) is 9.99. The molecule has 0 radical (unpaired) electrons. The second kappa shape index (κ2) is 6.81. The first-order valence-corrected chi connectivity index (χ1v) is 7.47. The summed E-state index contributed by atoms with van der Waals surface area (Å²) in [6, 6.07) is 4.34. The van der Waals surface area contributed by atoms with Crippen LogP contribution in [0.2, 0.25) is 0 Å². The maximum Gasteiger partial charge on any atom is 0.274 e. The lowest BCUT2D eigenvalue weighted by atomic mass is 10.3. The number of hydrogen-bond donors (Lipinski definition) is 1. The maximum atomic E-state index is 10.8. The number of ether oxygens (including phenoxy) is 1. The van der Waals surface area contributed by atoms with Crippen molar-refractivity contribution in [2.24, 2.45) is 0 Å².